The fourth-order valence-corrected chi connectivity index (χ4v) is 7.05. The summed E-state index contributed by atoms with van der Waals surface area (Å²) >= 11 is 0. The van der Waals surface area contributed by atoms with E-state index in [4.69, 9.17) is 20.0 Å². The average Bonchev–Trinajstić information content (AvgIpc) is 3.07. The van der Waals surface area contributed by atoms with Crippen LogP contribution in [0.2, 0.25) is 0 Å². The molecule has 5 rings (SSSR count). The quantitative estimate of drug-likeness (QED) is 0.302. The summed E-state index contributed by atoms with van der Waals surface area (Å²) in [5, 5.41) is 27.2. The lowest BCUT2D eigenvalue weighted by molar-refractivity contribution is 0.421. The standard InChI is InChI=1S/C38H54N6O2/c1-25-35-7-5-9-37(43-35)27(3)42-32(18-12-30-15-21-34(46)22-16-30)24-40-26(2)36-8-6-10-38(44-36)28(4)41-31(23-39-25)17-11-29-13-19-33(45)20-14-29/h13-16,19-22,31-32,35-38,43-46H,5-12,17-18,23-24H2,1-4H3. The molecule has 6 unspecified atom stereocenters. The summed E-state index contributed by atoms with van der Waals surface area (Å²) in [4.78, 5) is 21.0. The number of hydrogen-bond acceptors (Lipinski definition) is 8. The first-order valence-electron chi connectivity index (χ1n) is 17.4. The van der Waals surface area contributed by atoms with Crippen molar-refractivity contribution in [1.29, 1.82) is 0 Å². The monoisotopic (exact) mass is 626 g/mol. The number of nitrogens with zero attached hydrogens (tertiary/aromatic N) is 4. The van der Waals surface area contributed by atoms with Crippen molar-refractivity contribution in [2.75, 3.05) is 13.1 Å². The Balaban J connectivity index is 1.39. The number of aliphatic imine (C=N–C) groups is 4. The minimum Gasteiger partial charge on any atom is -0.508 e. The molecule has 0 spiro atoms. The summed E-state index contributed by atoms with van der Waals surface area (Å²) in [5.74, 6) is 0.600. The highest BCUT2D eigenvalue weighted by Crippen LogP contribution is 2.21. The van der Waals surface area contributed by atoms with Crippen molar-refractivity contribution in [2.24, 2.45) is 20.0 Å². The molecule has 4 N–H and O–H groups in total. The van der Waals surface area contributed by atoms with Crippen LogP contribution in [0.15, 0.2) is 68.5 Å². The zero-order valence-corrected chi connectivity index (χ0v) is 28.3. The molecule has 0 saturated carbocycles. The number of aryl methyl sites for hydroxylation is 2. The first-order valence-corrected chi connectivity index (χ1v) is 17.4. The van der Waals surface area contributed by atoms with Gasteiger partial charge in [-0.1, -0.05) is 24.3 Å². The zero-order chi connectivity index (χ0) is 32.5. The average molecular weight is 627 g/mol. The van der Waals surface area contributed by atoms with Crippen LogP contribution < -0.4 is 10.6 Å². The minimum atomic E-state index is 0.0941. The van der Waals surface area contributed by atoms with Gasteiger partial charge in [-0.05, 0) is 127 Å². The molecule has 0 amide bonds. The molecule has 3 aliphatic rings. The van der Waals surface area contributed by atoms with Gasteiger partial charge in [0.1, 0.15) is 11.5 Å². The molecule has 248 valence electrons. The molecule has 2 aromatic rings. The molecule has 8 heteroatoms. The van der Waals surface area contributed by atoms with E-state index in [0.717, 1.165) is 87.1 Å². The summed E-state index contributed by atoms with van der Waals surface area (Å²) < 4.78 is 0. The lowest BCUT2D eigenvalue weighted by Crippen LogP contribution is -2.50. The zero-order valence-electron chi connectivity index (χ0n) is 28.3. The second kappa shape index (κ2) is 16.5. The summed E-state index contributed by atoms with van der Waals surface area (Å²) in [6.07, 6.45) is 10.2. The van der Waals surface area contributed by atoms with Crippen molar-refractivity contribution in [3.63, 3.8) is 0 Å². The smallest absolute Gasteiger partial charge is 0.115 e. The van der Waals surface area contributed by atoms with Gasteiger partial charge in [-0.2, -0.15) is 0 Å². The molecule has 0 aromatic heterocycles. The van der Waals surface area contributed by atoms with Crippen molar-refractivity contribution in [3.05, 3.63) is 59.7 Å². The van der Waals surface area contributed by atoms with Gasteiger partial charge in [0.05, 0.1) is 25.2 Å². The van der Waals surface area contributed by atoms with Gasteiger partial charge in [-0.3, -0.25) is 20.0 Å². The second-order valence-electron chi connectivity index (χ2n) is 13.6. The number of phenols is 2. The molecule has 8 nitrogen and oxygen atoms in total. The minimum absolute atomic E-state index is 0.0941. The van der Waals surface area contributed by atoms with Crippen LogP contribution in [0.25, 0.3) is 0 Å². The maximum Gasteiger partial charge on any atom is 0.115 e. The van der Waals surface area contributed by atoms with E-state index in [9.17, 15) is 10.2 Å². The van der Waals surface area contributed by atoms with Gasteiger partial charge in [-0.25, -0.2) is 0 Å². The van der Waals surface area contributed by atoms with Crippen LogP contribution in [-0.4, -0.2) is 82.4 Å². The largest absolute Gasteiger partial charge is 0.508 e. The number of piperidine rings is 2. The molecule has 0 radical (unpaired) electrons. The fourth-order valence-electron chi connectivity index (χ4n) is 7.05. The first-order chi connectivity index (χ1) is 22.2. The Kier molecular flexibility index (Phi) is 12.2. The molecule has 4 bridgehead atoms. The van der Waals surface area contributed by atoms with Crippen molar-refractivity contribution in [2.45, 2.75) is 128 Å². The highest BCUT2D eigenvalue weighted by Gasteiger charge is 2.27. The van der Waals surface area contributed by atoms with Crippen molar-refractivity contribution >= 4 is 22.8 Å². The molecule has 2 saturated heterocycles. The maximum absolute atomic E-state index is 9.73. The predicted molar refractivity (Wildman–Crippen MR) is 192 cm³/mol. The van der Waals surface area contributed by atoms with E-state index in [1.54, 1.807) is 24.3 Å². The van der Waals surface area contributed by atoms with Crippen LogP contribution in [0.5, 0.6) is 11.5 Å². The van der Waals surface area contributed by atoms with Crippen LogP contribution in [-0.2, 0) is 12.8 Å². The van der Waals surface area contributed by atoms with Gasteiger partial charge >= 0.3 is 0 Å². The Hall–Kier alpha value is -3.36. The molecular formula is C38H54N6O2. The Morgan fingerprint density at radius 2 is 0.891 bits per heavy atom. The van der Waals surface area contributed by atoms with Crippen molar-refractivity contribution in [1.82, 2.24) is 10.6 Å². The third-order valence-corrected chi connectivity index (χ3v) is 10.1. The molecule has 3 heterocycles. The van der Waals surface area contributed by atoms with E-state index in [2.05, 4.69) is 38.3 Å². The third kappa shape index (κ3) is 9.82. The number of hydrogen-bond donors (Lipinski definition) is 4. The number of nitrogens with one attached hydrogen (secondary N) is 2. The van der Waals surface area contributed by atoms with E-state index in [0.29, 0.717) is 24.6 Å². The van der Waals surface area contributed by atoms with E-state index >= 15 is 0 Å². The Morgan fingerprint density at radius 3 is 1.26 bits per heavy atom. The molecule has 2 fully saturated rings. The topological polar surface area (TPSA) is 114 Å². The highest BCUT2D eigenvalue weighted by atomic mass is 16.3. The van der Waals surface area contributed by atoms with Crippen LogP contribution in [0.4, 0.5) is 0 Å². The fraction of sp³-hybridized carbons (Fsp3) is 0.579. The van der Waals surface area contributed by atoms with Crippen molar-refractivity contribution < 1.29 is 10.2 Å². The lowest BCUT2D eigenvalue weighted by Gasteiger charge is -2.33. The highest BCUT2D eigenvalue weighted by molar-refractivity contribution is 5.92. The summed E-state index contributed by atoms with van der Waals surface area (Å²) in [6, 6.07) is 16.2. The number of benzene rings is 2. The van der Waals surface area contributed by atoms with E-state index in [1.807, 2.05) is 24.3 Å². The molecule has 46 heavy (non-hydrogen) atoms. The van der Waals surface area contributed by atoms with Crippen LogP contribution in [0, 0.1) is 0 Å². The van der Waals surface area contributed by atoms with E-state index in [1.165, 1.54) is 11.1 Å². The Bertz CT molecular complexity index is 1290. The van der Waals surface area contributed by atoms with Gasteiger partial charge in [0.15, 0.2) is 0 Å². The molecule has 2 aromatic carbocycles. The molecule has 3 aliphatic heterocycles. The van der Waals surface area contributed by atoms with Gasteiger partial charge in [0.25, 0.3) is 0 Å². The van der Waals surface area contributed by atoms with Gasteiger partial charge < -0.3 is 20.8 Å². The third-order valence-electron chi connectivity index (χ3n) is 10.1. The maximum atomic E-state index is 9.73. The Labute approximate surface area is 275 Å². The SMILES string of the molecule is CC1=NCC(CCc2ccc(O)cc2)N=C(C)C2CCCC(N2)C(C)=NCC(CCc2ccc(O)cc2)N=C(C)C2CCCC1N2. The van der Waals surface area contributed by atoms with Crippen LogP contribution in [0.1, 0.15) is 90.2 Å². The predicted octanol–water partition coefficient (Wildman–Crippen LogP) is 6.28. The van der Waals surface area contributed by atoms with Gasteiger partial charge in [-0.15, -0.1) is 0 Å². The van der Waals surface area contributed by atoms with Gasteiger partial charge in [0.2, 0.25) is 0 Å². The first kappa shape index (κ1) is 34.0. The van der Waals surface area contributed by atoms with E-state index in [-0.39, 0.29) is 36.3 Å². The molecule has 0 aliphatic carbocycles. The number of fused-ring (bicyclic) bond motifs is 4. The second-order valence-corrected chi connectivity index (χ2v) is 13.6. The number of aromatic hydroxyl groups is 2. The summed E-state index contributed by atoms with van der Waals surface area (Å²) in [5.41, 5.74) is 7.04. The van der Waals surface area contributed by atoms with Crippen molar-refractivity contribution in [3.8, 4) is 11.5 Å². The summed E-state index contributed by atoms with van der Waals surface area (Å²) in [7, 11) is 0. The normalized spacial score (nSPS) is 28.2. The Morgan fingerprint density at radius 1 is 0.543 bits per heavy atom. The number of phenolic OH excluding ortho intramolecular Hbond substituents is 2. The molecular weight excluding hydrogens is 572 g/mol. The van der Waals surface area contributed by atoms with E-state index < -0.39 is 0 Å². The van der Waals surface area contributed by atoms with Gasteiger partial charge in [0, 0.05) is 47.0 Å². The summed E-state index contributed by atoms with van der Waals surface area (Å²) in [6.45, 7) is 10.0. The molecule has 6 atom stereocenters. The van der Waals surface area contributed by atoms with Crippen LogP contribution >= 0.6 is 0 Å². The van der Waals surface area contributed by atoms with Crippen LogP contribution in [0.3, 0.4) is 0 Å². The lowest BCUT2D eigenvalue weighted by atomic mass is 9.93. The number of rotatable bonds is 6.